The van der Waals surface area contributed by atoms with Crippen LogP contribution in [0.15, 0.2) is 10.7 Å². The SMILES string of the molecule is Cn1cnc2c1CCC2=N[S@](=O)C(C)(C)C. The predicted octanol–water partition coefficient (Wildman–Crippen LogP) is 1.62. The van der Waals surface area contributed by atoms with Crippen LogP contribution in [-0.2, 0) is 24.5 Å². The molecule has 0 N–H and O–H groups in total. The van der Waals surface area contributed by atoms with Crippen LogP contribution in [0.2, 0.25) is 0 Å². The highest BCUT2D eigenvalue weighted by Crippen LogP contribution is 2.22. The Labute approximate surface area is 98.4 Å². The van der Waals surface area contributed by atoms with E-state index >= 15 is 0 Å². The van der Waals surface area contributed by atoms with Gasteiger partial charge in [-0.3, -0.25) is 0 Å². The summed E-state index contributed by atoms with van der Waals surface area (Å²) in [5.41, 5.74) is 3.02. The number of fused-ring (bicyclic) bond motifs is 1. The van der Waals surface area contributed by atoms with E-state index in [4.69, 9.17) is 0 Å². The second-order valence-electron chi connectivity index (χ2n) is 5.05. The van der Waals surface area contributed by atoms with Crippen molar-refractivity contribution in [2.45, 2.75) is 38.4 Å². The van der Waals surface area contributed by atoms with Crippen molar-refractivity contribution < 1.29 is 4.21 Å². The molecule has 0 amide bonds. The van der Waals surface area contributed by atoms with Crippen LogP contribution in [0.25, 0.3) is 0 Å². The zero-order valence-corrected chi connectivity index (χ0v) is 11.0. The fourth-order valence-electron chi connectivity index (χ4n) is 1.67. The van der Waals surface area contributed by atoms with Crippen molar-refractivity contribution in [2.24, 2.45) is 11.4 Å². The molecule has 16 heavy (non-hydrogen) atoms. The van der Waals surface area contributed by atoms with E-state index in [-0.39, 0.29) is 4.75 Å². The minimum atomic E-state index is -1.19. The summed E-state index contributed by atoms with van der Waals surface area (Å²) < 4.78 is 18.0. The molecule has 1 atom stereocenters. The summed E-state index contributed by atoms with van der Waals surface area (Å²) in [5, 5.41) is 0. The zero-order valence-electron chi connectivity index (χ0n) is 10.1. The smallest absolute Gasteiger partial charge is 0.145 e. The van der Waals surface area contributed by atoms with E-state index in [1.54, 1.807) is 6.33 Å². The molecule has 0 aliphatic heterocycles. The fraction of sp³-hybridized carbons (Fsp3) is 0.636. The van der Waals surface area contributed by atoms with E-state index < -0.39 is 11.0 Å². The predicted molar refractivity (Wildman–Crippen MR) is 66.0 cm³/mol. The number of rotatable bonds is 1. The van der Waals surface area contributed by atoms with Crippen LogP contribution in [0.1, 0.15) is 38.6 Å². The van der Waals surface area contributed by atoms with Crippen LogP contribution in [0.3, 0.4) is 0 Å². The number of hydrogen-bond acceptors (Lipinski definition) is 2. The van der Waals surface area contributed by atoms with Gasteiger partial charge in [0.25, 0.3) is 0 Å². The topological polar surface area (TPSA) is 47.2 Å². The monoisotopic (exact) mass is 239 g/mol. The van der Waals surface area contributed by atoms with Crippen LogP contribution in [0, 0.1) is 0 Å². The molecular weight excluding hydrogens is 222 g/mol. The fourth-order valence-corrected chi connectivity index (χ4v) is 2.32. The number of aryl methyl sites for hydroxylation is 1. The molecule has 0 unspecified atom stereocenters. The lowest BCUT2D eigenvalue weighted by Crippen LogP contribution is -2.20. The molecule has 1 aliphatic carbocycles. The average molecular weight is 239 g/mol. The van der Waals surface area contributed by atoms with E-state index in [2.05, 4.69) is 9.38 Å². The lowest BCUT2D eigenvalue weighted by atomic mass is 10.3. The Morgan fingerprint density at radius 3 is 2.75 bits per heavy atom. The first kappa shape index (κ1) is 11.5. The number of nitrogens with zero attached hydrogens (tertiary/aromatic N) is 3. The van der Waals surface area contributed by atoms with Crippen molar-refractivity contribution in [1.29, 1.82) is 0 Å². The van der Waals surface area contributed by atoms with E-state index in [9.17, 15) is 4.21 Å². The highest BCUT2D eigenvalue weighted by molar-refractivity contribution is 7.85. The molecule has 0 radical (unpaired) electrons. The summed E-state index contributed by atoms with van der Waals surface area (Å²) in [7, 11) is 0.795. The highest BCUT2D eigenvalue weighted by atomic mass is 32.2. The van der Waals surface area contributed by atoms with Gasteiger partial charge in [-0.1, -0.05) is 0 Å². The molecule has 1 aromatic rings. The van der Waals surface area contributed by atoms with Crippen LogP contribution in [-0.4, -0.2) is 24.2 Å². The molecule has 5 heteroatoms. The lowest BCUT2D eigenvalue weighted by Gasteiger charge is -2.13. The Kier molecular flexibility index (Phi) is 2.74. The molecule has 0 saturated heterocycles. The Morgan fingerprint density at radius 2 is 2.12 bits per heavy atom. The maximum Gasteiger partial charge on any atom is 0.145 e. The van der Waals surface area contributed by atoms with E-state index in [0.717, 1.165) is 24.2 Å². The van der Waals surface area contributed by atoms with Gasteiger partial charge in [-0.2, -0.15) is 4.40 Å². The van der Waals surface area contributed by atoms with E-state index in [1.807, 2.05) is 32.4 Å². The second-order valence-corrected chi connectivity index (χ2v) is 6.96. The van der Waals surface area contributed by atoms with Crippen LogP contribution < -0.4 is 0 Å². The molecule has 0 saturated carbocycles. The number of aromatic nitrogens is 2. The molecule has 4 nitrogen and oxygen atoms in total. The number of hydrogen-bond donors (Lipinski definition) is 0. The van der Waals surface area contributed by atoms with Gasteiger partial charge in [0.2, 0.25) is 0 Å². The summed E-state index contributed by atoms with van der Waals surface area (Å²) in [5.74, 6) is 0. The highest BCUT2D eigenvalue weighted by Gasteiger charge is 2.25. The van der Waals surface area contributed by atoms with Crippen molar-refractivity contribution in [2.75, 3.05) is 0 Å². The van der Waals surface area contributed by atoms with Gasteiger partial charge in [-0.05, 0) is 33.6 Å². The van der Waals surface area contributed by atoms with Gasteiger partial charge in [-0.25, -0.2) is 9.19 Å². The third-order valence-corrected chi connectivity index (χ3v) is 4.08. The average Bonchev–Trinajstić information content (AvgIpc) is 2.70. The standard InChI is InChI=1S/C11H17N3OS/c1-11(2,3)16(15)13-8-5-6-9-10(8)12-7-14(9)4/h7H,5-6H2,1-4H3/t16-/m1/s1. The summed E-state index contributed by atoms with van der Waals surface area (Å²) in [4.78, 5) is 4.31. The van der Waals surface area contributed by atoms with Gasteiger partial charge in [0.05, 0.1) is 16.8 Å². The molecule has 2 rings (SSSR count). The molecular formula is C11H17N3OS. The maximum absolute atomic E-state index is 11.9. The zero-order chi connectivity index (χ0) is 11.9. The van der Waals surface area contributed by atoms with Gasteiger partial charge < -0.3 is 4.57 Å². The normalized spacial score (nSPS) is 20.1. The van der Waals surface area contributed by atoms with Crippen molar-refractivity contribution in [3.63, 3.8) is 0 Å². The minimum absolute atomic E-state index is 0.301. The molecule has 0 bridgehead atoms. The Balaban J connectivity index is 2.32. The minimum Gasteiger partial charge on any atom is -0.337 e. The van der Waals surface area contributed by atoms with Crippen LogP contribution >= 0.6 is 0 Å². The van der Waals surface area contributed by atoms with Crippen molar-refractivity contribution in [3.05, 3.63) is 17.7 Å². The van der Waals surface area contributed by atoms with Crippen LogP contribution in [0.5, 0.6) is 0 Å². The third-order valence-electron chi connectivity index (χ3n) is 2.65. The number of imidazole rings is 1. The first-order valence-electron chi connectivity index (χ1n) is 5.39. The Hall–Kier alpha value is -0.970. The van der Waals surface area contributed by atoms with Crippen LogP contribution in [0.4, 0.5) is 0 Å². The van der Waals surface area contributed by atoms with Crippen molar-refractivity contribution in [3.8, 4) is 0 Å². The first-order valence-corrected chi connectivity index (χ1v) is 6.50. The summed E-state index contributed by atoms with van der Waals surface area (Å²) in [6, 6.07) is 0. The van der Waals surface area contributed by atoms with E-state index in [0.29, 0.717) is 0 Å². The summed E-state index contributed by atoms with van der Waals surface area (Å²) in [6.45, 7) is 5.80. The molecule has 88 valence electrons. The van der Waals surface area contributed by atoms with Crippen molar-refractivity contribution >= 4 is 16.7 Å². The maximum atomic E-state index is 11.9. The molecule has 0 spiro atoms. The van der Waals surface area contributed by atoms with E-state index in [1.165, 1.54) is 5.69 Å². The molecule has 1 aromatic heterocycles. The third kappa shape index (κ3) is 1.96. The Morgan fingerprint density at radius 1 is 1.44 bits per heavy atom. The van der Waals surface area contributed by atoms with Gasteiger partial charge >= 0.3 is 0 Å². The Bertz CT molecular complexity index is 468. The first-order chi connectivity index (χ1) is 7.39. The summed E-state index contributed by atoms with van der Waals surface area (Å²) >= 11 is 0. The van der Waals surface area contributed by atoms with Gasteiger partial charge in [0.1, 0.15) is 16.7 Å². The largest absolute Gasteiger partial charge is 0.337 e. The molecule has 0 fully saturated rings. The lowest BCUT2D eigenvalue weighted by molar-refractivity contribution is 0.650. The molecule has 1 aliphatic rings. The van der Waals surface area contributed by atoms with Crippen molar-refractivity contribution in [1.82, 2.24) is 9.55 Å². The molecule has 0 aromatic carbocycles. The molecule has 1 heterocycles. The summed E-state index contributed by atoms with van der Waals surface area (Å²) in [6.07, 6.45) is 3.60. The van der Waals surface area contributed by atoms with Gasteiger partial charge in [-0.15, -0.1) is 0 Å². The van der Waals surface area contributed by atoms with Gasteiger partial charge in [0.15, 0.2) is 0 Å². The quantitative estimate of drug-likeness (QED) is 0.747. The van der Waals surface area contributed by atoms with Gasteiger partial charge in [0, 0.05) is 12.7 Å². The second kappa shape index (κ2) is 3.80.